The van der Waals surface area contributed by atoms with E-state index in [1.54, 1.807) is 24.2 Å². The number of methoxy groups -OCH3 is 1. The molecule has 0 saturated carbocycles. The van der Waals surface area contributed by atoms with E-state index in [1.807, 2.05) is 26.1 Å². The van der Waals surface area contributed by atoms with Crippen LogP contribution in [0.5, 0.6) is 5.88 Å². The van der Waals surface area contributed by atoms with Crippen molar-refractivity contribution in [3.05, 3.63) is 35.8 Å². The van der Waals surface area contributed by atoms with Gasteiger partial charge in [0.1, 0.15) is 0 Å². The van der Waals surface area contributed by atoms with Crippen LogP contribution in [0.3, 0.4) is 0 Å². The molecular formula is C12H16N4O. The summed E-state index contributed by atoms with van der Waals surface area (Å²) in [4.78, 5) is 4.05. The van der Waals surface area contributed by atoms with Crippen molar-refractivity contribution < 1.29 is 4.74 Å². The average Bonchev–Trinajstić information content (AvgIpc) is 2.62. The summed E-state index contributed by atoms with van der Waals surface area (Å²) in [6.07, 6.45) is 3.54. The van der Waals surface area contributed by atoms with Crippen LogP contribution in [0, 0.1) is 6.92 Å². The molecule has 2 rings (SSSR count). The maximum Gasteiger partial charge on any atom is 0.216 e. The minimum atomic E-state index is 0.675. The van der Waals surface area contributed by atoms with Crippen LogP contribution in [0.25, 0.3) is 0 Å². The highest BCUT2D eigenvalue weighted by Gasteiger charge is 2.13. The molecule has 0 amide bonds. The minimum absolute atomic E-state index is 0.675. The largest absolute Gasteiger partial charge is 0.481 e. The van der Waals surface area contributed by atoms with Crippen molar-refractivity contribution in [3.63, 3.8) is 0 Å². The van der Waals surface area contributed by atoms with Crippen LogP contribution in [-0.4, -0.2) is 21.9 Å². The Kier molecular flexibility index (Phi) is 3.27. The summed E-state index contributed by atoms with van der Waals surface area (Å²) in [5, 5.41) is 7.62. The number of aryl methyl sites for hydroxylation is 2. The fourth-order valence-corrected chi connectivity index (χ4v) is 1.80. The second-order valence-electron chi connectivity index (χ2n) is 3.79. The number of ether oxygens (including phenoxy) is 1. The number of nitrogens with zero attached hydrogens (tertiary/aromatic N) is 3. The molecule has 0 unspecified atom stereocenters. The molecule has 0 aromatic carbocycles. The molecule has 0 bridgehead atoms. The number of nitrogens with one attached hydrogen (secondary N) is 1. The van der Waals surface area contributed by atoms with E-state index in [2.05, 4.69) is 15.4 Å². The average molecular weight is 232 g/mol. The number of aromatic nitrogens is 3. The molecule has 2 heterocycles. The summed E-state index contributed by atoms with van der Waals surface area (Å²) in [7, 11) is 3.53. The lowest BCUT2D eigenvalue weighted by Gasteiger charge is -2.07. The van der Waals surface area contributed by atoms with Crippen LogP contribution in [0.15, 0.2) is 24.5 Å². The van der Waals surface area contributed by atoms with Crippen LogP contribution >= 0.6 is 0 Å². The van der Waals surface area contributed by atoms with E-state index in [4.69, 9.17) is 4.74 Å². The lowest BCUT2D eigenvalue weighted by molar-refractivity contribution is 0.370. The van der Waals surface area contributed by atoms with E-state index in [0.717, 1.165) is 22.8 Å². The monoisotopic (exact) mass is 232 g/mol. The lowest BCUT2D eigenvalue weighted by Crippen LogP contribution is -2.03. The van der Waals surface area contributed by atoms with Gasteiger partial charge in [-0.3, -0.25) is 4.98 Å². The molecule has 2 aromatic heterocycles. The van der Waals surface area contributed by atoms with Gasteiger partial charge in [0.05, 0.1) is 24.1 Å². The Morgan fingerprint density at radius 2 is 2.29 bits per heavy atom. The van der Waals surface area contributed by atoms with E-state index in [1.165, 1.54) is 0 Å². The summed E-state index contributed by atoms with van der Waals surface area (Å²) in [5.74, 6) is 0.791. The Morgan fingerprint density at radius 1 is 1.47 bits per heavy atom. The molecule has 0 fully saturated rings. The zero-order chi connectivity index (χ0) is 12.3. The first kappa shape index (κ1) is 11.4. The van der Waals surface area contributed by atoms with Gasteiger partial charge in [0.2, 0.25) is 5.88 Å². The Hall–Kier alpha value is -2.04. The van der Waals surface area contributed by atoms with E-state index >= 15 is 0 Å². The van der Waals surface area contributed by atoms with Gasteiger partial charge in [0.15, 0.2) is 0 Å². The molecule has 0 atom stereocenters. The van der Waals surface area contributed by atoms with Crippen molar-refractivity contribution in [3.8, 4) is 5.88 Å². The van der Waals surface area contributed by atoms with E-state index in [9.17, 15) is 0 Å². The number of rotatable bonds is 4. The molecule has 5 nitrogen and oxygen atoms in total. The molecule has 0 aliphatic heterocycles. The molecule has 0 spiro atoms. The quantitative estimate of drug-likeness (QED) is 0.872. The highest BCUT2D eigenvalue weighted by atomic mass is 16.5. The van der Waals surface area contributed by atoms with Crippen LogP contribution in [0.1, 0.15) is 11.3 Å². The molecule has 0 aliphatic carbocycles. The van der Waals surface area contributed by atoms with Gasteiger partial charge in [-0.2, -0.15) is 5.10 Å². The second kappa shape index (κ2) is 4.86. The first-order chi connectivity index (χ1) is 8.22. The van der Waals surface area contributed by atoms with Crippen LogP contribution in [0.4, 0.5) is 5.69 Å². The Morgan fingerprint density at radius 3 is 2.94 bits per heavy atom. The Bertz CT molecular complexity index is 493. The van der Waals surface area contributed by atoms with E-state index in [-0.39, 0.29) is 0 Å². The summed E-state index contributed by atoms with van der Waals surface area (Å²) in [6.45, 7) is 2.65. The molecular weight excluding hydrogens is 216 g/mol. The van der Waals surface area contributed by atoms with Crippen molar-refractivity contribution in [1.82, 2.24) is 14.8 Å². The predicted molar refractivity (Wildman–Crippen MR) is 66.1 cm³/mol. The van der Waals surface area contributed by atoms with Gasteiger partial charge in [0, 0.05) is 26.0 Å². The molecule has 0 aliphatic rings. The molecule has 0 radical (unpaired) electrons. The fraction of sp³-hybridized carbons (Fsp3) is 0.333. The number of pyridine rings is 1. The smallest absolute Gasteiger partial charge is 0.216 e. The van der Waals surface area contributed by atoms with Crippen LogP contribution in [-0.2, 0) is 13.6 Å². The topological polar surface area (TPSA) is 52.0 Å². The van der Waals surface area contributed by atoms with Crippen molar-refractivity contribution in [2.45, 2.75) is 13.5 Å². The summed E-state index contributed by atoms with van der Waals surface area (Å²) < 4.78 is 7.08. The maximum atomic E-state index is 5.33. The van der Waals surface area contributed by atoms with Crippen molar-refractivity contribution in [2.24, 2.45) is 7.05 Å². The second-order valence-corrected chi connectivity index (χ2v) is 3.79. The predicted octanol–water partition coefficient (Wildman–Crippen LogP) is 1.74. The number of anilines is 1. The zero-order valence-corrected chi connectivity index (χ0v) is 10.3. The third-order valence-corrected chi connectivity index (χ3v) is 2.61. The van der Waals surface area contributed by atoms with Gasteiger partial charge in [-0.1, -0.05) is 0 Å². The summed E-state index contributed by atoms with van der Waals surface area (Å²) in [6, 6.07) is 3.88. The van der Waals surface area contributed by atoms with Gasteiger partial charge in [-0.25, -0.2) is 4.68 Å². The molecule has 17 heavy (non-hydrogen) atoms. The summed E-state index contributed by atoms with van der Waals surface area (Å²) in [5.41, 5.74) is 3.03. The van der Waals surface area contributed by atoms with Gasteiger partial charge in [0.25, 0.3) is 0 Å². The van der Waals surface area contributed by atoms with Crippen LogP contribution in [0.2, 0.25) is 0 Å². The van der Waals surface area contributed by atoms with Gasteiger partial charge in [-0.15, -0.1) is 0 Å². The normalized spacial score (nSPS) is 10.3. The Labute approximate surface area is 100 Å². The molecule has 90 valence electrons. The first-order valence-corrected chi connectivity index (χ1v) is 5.42. The number of hydrogen-bond acceptors (Lipinski definition) is 4. The van der Waals surface area contributed by atoms with Crippen molar-refractivity contribution in [2.75, 3.05) is 12.4 Å². The Balaban J connectivity index is 2.14. The minimum Gasteiger partial charge on any atom is -0.481 e. The van der Waals surface area contributed by atoms with Gasteiger partial charge >= 0.3 is 0 Å². The maximum absolute atomic E-state index is 5.33. The zero-order valence-electron chi connectivity index (χ0n) is 10.3. The van der Waals surface area contributed by atoms with Gasteiger partial charge in [-0.05, 0) is 19.1 Å². The van der Waals surface area contributed by atoms with Crippen molar-refractivity contribution in [1.29, 1.82) is 0 Å². The lowest BCUT2D eigenvalue weighted by atomic mass is 10.2. The number of hydrogen-bond donors (Lipinski definition) is 1. The first-order valence-electron chi connectivity index (χ1n) is 5.42. The standard InChI is InChI=1S/C12H16N4O/c1-9-11(12(17-3)16(2)15-9)8-14-10-5-4-6-13-7-10/h4-7,14H,8H2,1-3H3. The summed E-state index contributed by atoms with van der Waals surface area (Å²) >= 11 is 0. The van der Waals surface area contributed by atoms with Crippen LogP contribution < -0.4 is 10.1 Å². The van der Waals surface area contributed by atoms with E-state index in [0.29, 0.717) is 6.54 Å². The SMILES string of the molecule is COc1c(CNc2cccnc2)c(C)nn1C. The fourth-order valence-electron chi connectivity index (χ4n) is 1.80. The molecule has 1 N–H and O–H groups in total. The molecule has 2 aromatic rings. The van der Waals surface area contributed by atoms with Crippen molar-refractivity contribution >= 4 is 5.69 Å². The molecule has 0 saturated heterocycles. The third-order valence-electron chi connectivity index (χ3n) is 2.61. The third kappa shape index (κ3) is 2.38. The highest BCUT2D eigenvalue weighted by molar-refractivity contribution is 5.42. The molecule has 5 heteroatoms. The van der Waals surface area contributed by atoms with E-state index < -0.39 is 0 Å². The van der Waals surface area contributed by atoms with Gasteiger partial charge < -0.3 is 10.1 Å². The highest BCUT2D eigenvalue weighted by Crippen LogP contribution is 2.21.